The van der Waals surface area contributed by atoms with Gasteiger partial charge < -0.3 is 14.7 Å². The highest BCUT2D eigenvalue weighted by atomic mass is 16.5. The number of aliphatic hydroxyl groups is 1. The highest BCUT2D eigenvalue weighted by Crippen LogP contribution is 2.29. The number of nitrogens with zero attached hydrogens (tertiary/aromatic N) is 3. The van der Waals surface area contributed by atoms with Crippen LogP contribution >= 0.6 is 0 Å². The van der Waals surface area contributed by atoms with Gasteiger partial charge in [-0.1, -0.05) is 42.5 Å². The zero-order valence-corrected chi connectivity index (χ0v) is 18.0. The summed E-state index contributed by atoms with van der Waals surface area (Å²) in [7, 11) is 2.07. The second-order valence-electron chi connectivity index (χ2n) is 8.26. The van der Waals surface area contributed by atoms with Crippen molar-refractivity contribution in [3.8, 4) is 5.75 Å². The zero-order chi connectivity index (χ0) is 20.6. The standard InChI is InChI=1S/C24H35N3O2/c1-20(2)29-24-12-8-7-11-23(24)27-15-13-26(14-16-27)19-22(28)18-25(3)17-21-9-5-4-6-10-21/h4-12,20,22,28H,13-19H2,1-3H3. The molecule has 1 fully saturated rings. The molecule has 158 valence electrons. The number of para-hydroxylation sites is 2. The van der Waals surface area contributed by atoms with Crippen LogP contribution in [-0.2, 0) is 6.54 Å². The van der Waals surface area contributed by atoms with Crippen molar-refractivity contribution in [3.05, 3.63) is 60.2 Å². The molecule has 0 aromatic heterocycles. The molecule has 1 atom stereocenters. The first-order valence-corrected chi connectivity index (χ1v) is 10.6. The van der Waals surface area contributed by atoms with Gasteiger partial charge in [-0.2, -0.15) is 0 Å². The van der Waals surface area contributed by atoms with Gasteiger partial charge in [-0.3, -0.25) is 9.80 Å². The van der Waals surface area contributed by atoms with Crippen LogP contribution < -0.4 is 9.64 Å². The Labute approximate surface area is 175 Å². The number of rotatable bonds is 9. The monoisotopic (exact) mass is 397 g/mol. The molecule has 0 radical (unpaired) electrons. The summed E-state index contributed by atoms with van der Waals surface area (Å²) in [4.78, 5) is 6.95. The lowest BCUT2D eigenvalue weighted by atomic mass is 10.2. The van der Waals surface area contributed by atoms with Gasteiger partial charge in [-0.25, -0.2) is 0 Å². The number of hydrogen-bond acceptors (Lipinski definition) is 5. The number of aliphatic hydroxyl groups excluding tert-OH is 1. The zero-order valence-electron chi connectivity index (χ0n) is 18.0. The number of piperazine rings is 1. The van der Waals surface area contributed by atoms with Gasteiger partial charge >= 0.3 is 0 Å². The van der Waals surface area contributed by atoms with Crippen molar-refractivity contribution in [2.45, 2.75) is 32.6 Å². The van der Waals surface area contributed by atoms with Crippen LogP contribution in [0.25, 0.3) is 0 Å². The highest BCUT2D eigenvalue weighted by molar-refractivity contribution is 5.58. The molecule has 1 saturated heterocycles. The minimum atomic E-state index is -0.341. The Morgan fingerprint density at radius 2 is 1.62 bits per heavy atom. The first-order valence-electron chi connectivity index (χ1n) is 10.6. The Morgan fingerprint density at radius 3 is 2.31 bits per heavy atom. The minimum Gasteiger partial charge on any atom is -0.489 e. The number of ether oxygens (including phenoxy) is 1. The molecule has 0 bridgehead atoms. The molecule has 29 heavy (non-hydrogen) atoms. The number of likely N-dealkylation sites (N-methyl/N-ethyl adjacent to an activating group) is 1. The van der Waals surface area contributed by atoms with E-state index in [2.05, 4.69) is 72.0 Å². The van der Waals surface area contributed by atoms with Crippen LogP contribution in [0.3, 0.4) is 0 Å². The molecule has 0 amide bonds. The van der Waals surface area contributed by atoms with Crippen molar-refractivity contribution in [1.82, 2.24) is 9.80 Å². The molecule has 1 aliphatic rings. The summed E-state index contributed by atoms with van der Waals surface area (Å²) >= 11 is 0. The summed E-state index contributed by atoms with van der Waals surface area (Å²) in [6.45, 7) is 10.2. The highest BCUT2D eigenvalue weighted by Gasteiger charge is 2.22. The van der Waals surface area contributed by atoms with Crippen molar-refractivity contribution < 1.29 is 9.84 Å². The summed E-state index contributed by atoms with van der Waals surface area (Å²) in [6.07, 6.45) is -0.174. The fraction of sp³-hybridized carbons (Fsp3) is 0.500. The van der Waals surface area contributed by atoms with E-state index in [1.54, 1.807) is 0 Å². The van der Waals surface area contributed by atoms with E-state index in [0.717, 1.165) is 45.0 Å². The molecule has 5 heteroatoms. The summed E-state index contributed by atoms with van der Waals surface area (Å²) in [5, 5.41) is 10.6. The normalized spacial score (nSPS) is 16.4. The van der Waals surface area contributed by atoms with Gasteiger partial charge in [0.15, 0.2) is 0 Å². The average Bonchev–Trinajstić information content (AvgIpc) is 2.69. The number of anilines is 1. The van der Waals surface area contributed by atoms with Crippen LogP contribution in [0.1, 0.15) is 19.4 Å². The van der Waals surface area contributed by atoms with Crippen molar-refractivity contribution in [1.29, 1.82) is 0 Å². The minimum absolute atomic E-state index is 0.167. The fourth-order valence-electron chi connectivity index (χ4n) is 3.92. The topological polar surface area (TPSA) is 39.2 Å². The van der Waals surface area contributed by atoms with Gasteiger partial charge in [-0.05, 0) is 38.6 Å². The van der Waals surface area contributed by atoms with E-state index < -0.39 is 0 Å². The Morgan fingerprint density at radius 1 is 0.966 bits per heavy atom. The van der Waals surface area contributed by atoms with Gasteiger partial charge in [0.05, 0.1) is 17.9 Å². The van der Waals surface area contributed by atoms with Crippen LogP contribution in [0.2, 0.25) is 0 Å². The molecule has 1 heterocycles. The van der Waals surface area contributed by atoms with Crippen LogP contribution in [0.5, 0.6) is 5.75 Å². The average molecular weight is 398 g/mol. The maximum atomic E-state index is 10.6. The van der Waals surface area contributed by atoms with Crippen molar-refractivity contribution in [3.63, 3.8) is 0 Å². The van der Waals surface area contributed by atoms with Crippen LogP contribution in [0.4, 0.5) is 5.69 Å². The van der Waals surface area contributed by atoms with Gasteiger partial charge in [0.25, 0.3) is 0 Å². The van der Waals surface area contributed by atoms with Crippen LogP contribution in [0.15, 0.2) is 54.6 Å². The lowest BCUT2D eigenvalue weighted by Gasteiger charge is -2.38. The summed E-state index contributed by atoms with van der Waals surface area (Å²) in [6, 6.07) is 18.7. The Kier molecular flexibility index (Phi) is 7.92. The van der Waals surface area contributed by atoms with E-state index in [-0.39, 0.29) is 12.2 Å². The first kappa shape index (κ1) is 21.6. The van der Waals surface area contributed by atoms with Gasteiger partial charge in [0.2, 0.25) is 0 Å². The molecule has 5 nitrogen and oxygen atoms in total. The summed E-state index contributed by atoms with van der Waals surface area (Å²) in [5.74, 6) is 0.957. The smallest absolute Gasteiger partial charge is 0.142 e. The number of hydrogen-bond donors (Lipinski definition) is 1. The van der Waals surface area contributed by atoms with E-state index in [1.165, 1.54) is 11.3 Å². The van der Waals surface area contributed by atoms with Gasteiger partial charge in [0, 0.05) is 45.8 Å². The summed E-state index contributed by atoms with van der Waals surface area (Å²) < 4.78 is 5.98. The lowest BCUT2D eigenvalue weighted by Crippen LogP contribution is -2.50. The molecule has 3 rings (SSSR count). The molecular weight excluding hydrogens is 362 g/mol. The molecule has 0 saturated carbocycles. The lowest BCUT2D eigenvalue weighted by molar-refractivity contribution is 0.0776. The third-order valence-corrected chi connectivity index (χ3v) is 5.23. The molecule has 0 aliphatic carbocycles. The quantitative estimate of drug-likeness (QED) is 0.704. The summed E-state index contributed by atoms with van der Waals surface area (Å²) in [5.41, 5.74) is 2.45. The van der Waals surface area contributed by atoms with Gasteiger partial charge in [-0.15, -0.1) is 0 Å². The second-order valence-corrected chi connectivity index (χ2v) is 8.26. The van der Waals surface area contributed by atoms with E-state index >= 15 is 0 Å². The number of benzene rings is 2. The predicted molar refractivity (Wildman–Crippen MR) is 120 cm³/mol. The van der Waals surface area contributed by atoms with Crippen molar-refractivity contribution in [2.24, 2.45) is 0 Å². The maximum Gasteiger partial charge on any atom is 0.142 e. The van der Waals surface area contributed by atoms with Crippen LogP contribution in [-0.4, -0.2) is 73.4 Å². The van der Waals surface area contributed by atoms with Gasteiger partial charge in [0.1, 0.15) is 5.75 Å². The van der Waals surface area contributed by atoms with Crippen molar-refractivity contribution >= 4 is 5.69 Å². The van der Waals surface area contributed by atoms with E-state index in [1.807, 2.05) is 18.2 Å². The molecule has 0 spiro atoms. The molecule has 2 aromatic rings. The van der Waals surface area contributed by atoms with Crippen LogP contribution in [0, 0.1) is 0 Å². The SMILES string of the molecule is CC(C)Oc1ccccc1N1CCN(CC(O)CN(C)Cc2ccccc2)CC1. The largest absolute Gasteiger partial charge is 0.489 e. The molecule has 1 N–H and O–H groups in total. The number of β-amino-alcohol motifs (C(OH)–C–C–N with tert-alkyl or cyclic N) is 1. The predicted octanol–water partition coefficient (Wildman–Crippen LogP) is 3.09. The van der Waals surface area contributed by atoms with Crippen molar-refractivity contribution in [2.75, 3.05) is 51.2 Å². The Balaban J connectivity index is 1.45. The molecular formula is C24H35N3O2. The molecule has 1 unspecified atom stereocenters. The second kappa shape index (κ2) is 10.6. The first-order chi connectivity index (χ1) is 14.0. The maximum absolute atomic E-state index is 10.6. The van der Waals surface area contributed by atoms with E-state index in [9.17, 15) is 5.11 Å². The third-order valence-electron chi connectivity index (χ3n) is 5.23. The Bertz CT molecular complexity index is 730. The molecule has 2 aromatic carbocycles. The van der Waals surface area contributed by atoms with E-state index in [0.29, 0.717) is 6.54 Å². The Hall–Kier alpha value is -2.08. The third kappa shape index (κ3) is 6.74. The fourth-order valence-corrected chi connectivity index (χ4v) is 3.92. The molecule has 1 aliphatic heterocycles. The van der Waals surface area contributed by atoms with E-state index in [4.69, 9.17) is 4.74 Å².